The van der Waals surface area contributed by atoms with Gasteiger partial charge < -0.3 is 15.4 Å². The van der Waals surface area contributed by atoms with Crippen LogP contribution in [0.4, 0.5) is 11.4 Å². The van der Waals surface area contributed by atoms with E-state index in [4.69, 9.17) is 10.5 Å². The molecule has 1 amide bonds. The number of nitrogens with zero attached hydrogens (tertiary/aromatic N) is 2. The van der Waals surface area contributed by atoms with E-state index in [1.54, 1.807) is 4.90 Å². The van der Waals surface area contributed by atoms with Gasteiger partial charge in [0, 0.05) is 31.3 Å². The molecule has 1 aromatic rings. The highest BCUT2D eigenvalue weighted by Crippen LogP contribution is 2.23. The van der Waals surface area contributed by atoms with E-state index < -0.39 is 4.92 Å². The van der Waals surface area contributed by atoms with E-state index in [1.807, 2.05) is 0 Å². The number of nitrogen functional groups attached to an aromatic ring is 1. The first-order valence-electron chi connectivity index (χ1n) is 6.00. The van der Waals surface area contributed by atoms with Gasteiger partial charge in [0.05, 0.1) is 11.5 Å². The Balaban J connectivity index is 2.19. The molecule has 1 aliphatic rings. The van der Waals surface area contributed by atoms with Crippen LogP contribution in [-0.2, 0) is 4.74 Å². The molecule has 0 bridgehead atoms. The van der Waals surface area contributed by atoms with Crippen LogP contribution >= 0.6 is 0 Å². The van der Waals surface area contributed by atoms with Crippen molar-refractivity contribution in [3.8, 4) is 0 Å². The lowest BCUT2D eigenvalue weighted by molar-refractivity contribution is -0.383. The molecule has 1 saturated heterocycles. The van der Waals surface area contributed by atoms with Gasteiger partial charge in [-0.25, -0.2) is 0 Å². The number of nitro groups is 1. The van der Waals surface area contributed by atoms with Crippen molar-refractivity contribution in [2.24, 2.45) is 0 Å². The maximum atomic E-state index is 12.2. The maximum Gasteiger partial charge on any atom is 0.292 e. The fourth-order valence-electron chi connectivity index (χ4n) is 1.99. The molecule has 19 heavy (non-hydrogen) atoms. The summed E-state index contributed by atoms with van der Waals surface area (Å²) in [4.78, 5) is 24.0. The topological polar surface area (TPSA) is 98.7 Å². The van der Waals surface area contributed by atoms with E-state index >= 15 is 0 Å². The first kappa shape index (κ1) is 13.3. The van der Waals surface area contributed by atoms with Gasteiger partial charge in [-0.2, -0.15) is 0 Å². The van der Waals surface area contributed by atoms with Crippen LogP contribution in [0.15, 0.2) is 18.2 Å². The summed E-state index contributed by atoms with van der Waals surface area (Å²) in [6, 6.07) is 4.05. The van der Waals surface area contributed by atoms with Gasteiger partial charge in [-0.1, -0.05) is 0 Å². The molecule has 2 rings (SSSR count). The summed E-state index contributed by atoms with van der Waals surface area (Å²) in [6.45, 7) is 2.30. The average molecular weight is 265 g/mol. The number of nitro benzene ring substituents is 1. The van der Waals surface area contributed by atoms with Crippen LogP contribution in [0.25, 0.3) is 0 Å². The molecule has 1 heterocycles. The highest BCUT2D eigenvalue weighted by molar-refractivity contribution is 5.95. The molecule has 0 unspecified atom stereocenters. The molecular weight excluding hydrogens is 250 g/mol. The number of carbonyl (C=O) groups excluding carboxylic acids is 1. The average Bonchev–Trinajstić information content (AvgIpc) is 2.66. The Morgan fingerprint density at radius 3 is 2.84 bits per heavy atom. The first-order chi connectivity index (χ1) is 9.09. The lowest BCUT2D eigenvalue weighted by Crippen LogP contribution is -2.33. The molecule has 0 aliphatic carbocycles. The van der Waals surface area contributed by atoms with Crippen LogP contribution in [0.2, 0.25) is 0 Å². The third kappa shape index (κ3) is 3.00. The SMILES string of the molecule is Nc1cc(C(=O)N2CCCOCC2)ccc1[N+](=O)[O-]. The lowest BCUT2D eigenvalue weighted by Gasteiger charge is -2.19. The van der Waals surface area contributed by atoms with E-state index in [9.17, 15) is 14.9 Å². The Kier molecular flexibility index (Phi) is 3.96. The van der Waals surface area contributed by atoms with E-state index in [-0.39, 0.29) is 17.3 Å². The summed E-state index contributed by atoms with van der Waals surface area (Å²) in [7, 11) is 0. The Hall–Kier alpha value is -2.15. The minimum absolute atomic E-state index is 0.00178. The van der Waals surface area contributed by atoms with E-state index in [0.717, 1.165) is 6.42 Å². The van der Waals surface area contributed by atoms with Gasteiger partial charge in [0.25, 0.3) is 11.6 Å². The molecule has 1 fully saturated rings. The molecule has 1 aromatic carbocycles. The molecule has 102 valence electrons. The summed E-state index contributed by atoms with van der Waals surface area (Å²) >= 11 is 0. The molecule has 0 atom stereocenters. The summed E-state index contributed by atoms with van der Waals surface area (Å²) in [5, 5.41) is 10.7. The van der Waals surface area contributed by atoms with Crippen molar-refractivity contribution in [1.29, 1.82) is 0 Å². The highest BCUT2D eigenvalue weighted by atomic mass is 16.6. The molecule has 7 heteroatoms. The largest absolute Gasteiger partial charge is 0.393 e. The van der Waals surface area contributed by atoms with Gasteiger partial charge in [0.1, 0.15) is 5.69 Å². The monoisotopic (exact) mass is 265 g/mol. The smallest absolute Gasteiger partial charge is 0.292 e. The molecule has 0 radical (unpaired) electrons. The number of hydrogen-bond donors (Lipinski definition) is 1. The quantitative estimate of drug-likeness (QED) is 0.489. The first-order valence-corrected chi connectivity index (χ1v) is 6.00. The fraction of sp³-hybridized carbons (Fsp3) is 0.417. The molecule has 0 spiro atoms. The summed E-state index contributed by atoms with van der Waals surface area (Å²) in [5.41, 5.74) is 5.77. The van der Waals surface area contributed by atoms with Crippen molar-refractivity contribution in [3.63, 3.8) is 0 Å². The van der Waals surface area contributed by atoms with Crippen molar-refractivity contribution in [2.45, 2.75) is 6.42 Å². The zero-order valence-electron chi connectivity index (χ0n) is 10.4. The third-order valence-corrected chi connectivity index (χ3v) is 2.98. The summed E-state index contributed by atoms with van der Waals surface area (Å²) in [6.07, 6.45) is 0.786. The van der Waals surface area contributed by atoms with Crippen molar-refractivity contribution >= 4 is 17.3 Å². The minimum atomic E-state index is -0.566. The number of rotatable bonds is 2. The van der Waals surface area contributed by atoms with Crippen LogP contribution in [-0.4, -0.2) is 42.0 Å². The number of carbonyl (C=O) groups is 1. The number of amides is 1. The second-order valence-corrected chi connectivity index (χ2v) is 4.29. The van der Waals surface area contributed by atoms with Gasteiger partial charge in [-0.05, 0) is 18.6 Å². The number of hydrogen-bond acceptors (Lipinski definition) is 5. The van der Waals surface area contributed by atoms with Crippen molar-refractivity contribution in [2.75, 3.05) is 32.0 Å². The van der Waals surface area contributed by atoms with Crippen molar-refractivity contribution in [1.82, 2.24) is 4.90 Å². The number of anilines is 1. The second-order valence-electron chi connectivity index (χ2n) is 4.29. The van der Waals surface area contributed by atoms with Gasteiger partial charge in [0.2, 0.25) is 0 Å². The predicted octanol–water partition coefficient (Wildman–Crippen LogP) is 1.04. The van der Waals surface area contributed by atoms with Gasteiger partial charge in [-0.3, -0.25) is 14.9 Å². The summed E-state index contributed by atoms with van der Waals surface area (Å²) in [5.74, 6) is -0.174. The van der Waals surface area contributed by atoms with Crippen LogP contribution < -0.4 is 5.73 Å². The third-order valence-electron chi connectivity index (χ3n) is 2.98. The van der Waals surface area contributed by atoms with Crippen LogP contribution in [0.1, 0.15) is 16.8 Å². The van der Waals surface area contributed by atoms with Crippen molar-refractivity contribution in [3.05, 3.63) is 33.9 Å². The standard InChI is InChI=1S/C12H15N3O4/c13-10-8-9(2-3-11(10)15(17)18)12(16)14-4-1-6-19-7-5-14/h2-3,8H,1,4-7,13H2. The Morgan fingerprint density at radius 1 is 1.37 bits per heavy atom. The second kappa shape index (κ2) is 5.66. The Bertz CT molecular complexity index is 496. The molecule has 7 nitrogen and oxygen atoms in total. The normalized spacial score (nSPS) is 15.9. The Morgan fingerprint density at radius 2 is 2.16 bits per heavy atom. The van der Waals surface area contributed by atoms with Crippen LogP contribution in [0.3, 0.4) is 0 Å². The van der Waals surface area contributed by atoms with E-state index in [2.05, 4.69) is 0 Å². The van der Waals surface area contributed by atoms with Crippen molar-refractivity contribution < 1.29 is 14.5 Å². The lowest BCUT2D eigenvalue weighted by atomic mass is 10.1. The van der Waals surface area contributed by atoms with E-state index in [0.29, 0.717) is 31.9 Å². The van der Waals surface area contributed by atoms with E-state index in [1.165, 1.54) is 18.2 Å². The number of benzene rings is 1. The maximum absolute atomic E-state index is 12.2. The van der Waals surface area contributed by atoms with Crippen LogP contribution in [0, 0.1) is 10.1 Å². The zero-order chi connectivity index (χ0) is 13.8. The zero-order valence-corrected chi connectivity index (χ0v) is 10.4. The van der Waals surface area contributed by atoms with Gasteiger partial charge in [-0.15, -0.1) is 0 Å². The van der Waals surface area contributed by atoms with Crippen LogP contribution in [0.5, 0.6) is 0 Å². The predicted molar refractivity (Wildman–Crippen MR) is 68.8 cm³/mol. The molecular formula is C12H15N3O4. The van der Waals surface area contributed by atoms with Gasteiger partial charge >= 0.3 is 0 Å². The molecule has 2 N–H and O–H groups in total. The minimum Gasteiger partial charge on any atom is -0.393 e. The molecule has 0 aromatic heterocycles. The molecule has 0 saturated carbocycles. The summed E-state index contributed by atoms with van der Waals surface area (Å²) < 4.78 is 5.28. The fourth-order valence-corrected chi connectivity index (χ4v) is 1.99. The Labute approximate surface area is 110 Å². The molecule has 1 aliphatic heterocycles. The number of ether oxygens (including phenoxy) is 1. The van der Waals surface area contributed by atoms with Gasteiger partial charge in [0.15, 0.2) is 0 Å². The highest BCUT2D eigenvalue weighted by Gasteiger charge is 2.20. The number of nitrogens with two attached hydrogens (primary N) is 1.